The minimum Gasteiger partial charge on any atom is -0.493 e. The molecule has 26 heavy (non-hydrogen) atoms. The number of ether oxygens (including phenoxy) is 1. The molecule has 1 fully saturated rings. The number of nitrogen functional groups attached to an aromatic ring is 1. The molecule has 1 saturated heterocycles. The molecule has 0 radical (unpaired) electrons. The van der Waals surface area contributed by atoms with Gasteiger partial charge in [0, 0.05) is 17.3 Å². The maximum atomic E-state index is 6.10. The molecule has 0 spiro atoms. The lowest BCUT2D eigenvalue weighted by molar-refractivity contribution is 0.298. The van der Waals surface area contributed by atoms with Crippen molar-refractivity contribution < 1.29 is 4.74 Å². The van der Waals surface area contributed by atoms with Crippen LogP contribution in [-0.4, -0.2) is 6.61 Å². The summed E-state index contributed by atoms with van der Waals surface area (Å²) < 4.78 is 6.10. The van der Waals surface area contributed by atoms with Gasteiger partial charge in [0.2, 0.25) is 0 Å². The fourth-order valence-corrected chi connectivity index (χ4v) is 3.54. The van der Waals surface area contributed by atoms with Crippen molar-refractivity contribution in [2.45, 2.75) is 57.5 Å². The zero-order chi connectivity index (χ0) is 18.2. The monoisotopic (exact) mass is 353 g/mol. The average Bonchev–Trinajstić information content (AvgIpc) is 3.15. The molecule has 3 rings (SSSR count). The normalized spacial score (nSPS) is 19.6. The number of hydrazine groups is 1. The van der Waals surface area contributed by atoms with Gasteiger partial charge in [-0.15, -0.1) is 0 Å². The van der Waals surface area contributed by atoms with E-state index >= 15 is 0 Å². The van der Waals surface area contributed by atoms with E-state index < -0.39 is 0 Å². The Balaban J connectivity index is 1.58. The second kappa shape index (κ2) is 9.60. The molecule has 0 aliphatic carbocycles. The van der Waals surface area contributed by atoms with Gasteiger partial charge in [-0.05, 0) is 36.6 Å². The second-order valence-corrected chi connectivity index (χ2v) is 7.10. The number of para-hydroxylation sites is 1. The minimum atomic E-state index is 0.234. The number of hydrogen-bond acceptors (Lipinski definition) is 4. The van der Waals surface area contributed by atoms with Crippen LogP contribution in [0, 0.1) is 0 Å². The first-order chi connectivity index (χ1) is 12.8. The lowest BCUT2D eigenvalue weighted by Crippen LogP contribution is -2.27. The van der Waals surface area contributed by atoms with Crippen LogP contribution in [0.15, 0.2) is 48.5 Å². The summed E-state index contributed by atoms with van der Waals surface area (Å²) in [6, 6.07) is 17.0. The summed E-state index contributed by atoms with van der Waals surface area (Å²) in [7, 11) is 0. The predicted octanol–water partition coefficient (Wildman–Crippen LogP) is 4.90. The van der Waals surface area contributed by atoms with Crippen molar-refractivity contribution >= 4 is 5.69 Å². The first kappa shape index (κ1) is 18.7. The number of rotatable bonds is 9. The topological polar surface area (TPSA) is 59.3 Å². The van der Waals surface area contributed by atoms with Gasteiger partial charge in [-0.3, -0.25) is 0 Å². The van der Waals surface area contributed by atoms with Gasteiger partial charge in [0.15, 0.2) is 0 Å². The largest absolute Gasteiger partial charge is 0.493 e. The third-order valence-corrected chi connectivity index (χ3v) is 5.02. The Labute approximate surface area is 157 Å². The number of unbranched alkanes of at least 4 members (excludes halogenated alkanes) is 4. The number of nitrogens with two attached hydrogens (primary N) is 1. The molecule has 0 saturated carbocycles. The molecule has 0 aromatic heterocycles. The summed E-state index contributed by atoms with van der Waals surface area (Å²) in [5.41, 5.74) is 16.0. The van der Waals surface area contributed by atoms with Crippen LogP contribution in [-0.2, 0) is 0 Å². The van der Waals surface area contributed by atoms with Crippen molar-refractivity contribution in [1.82, 2.24) is 10.9 Å². The van der Waals surface area contributed by atoms with Crippen LogP contribution in [0.25, 0.3) is 0 Å². The quantitative estimate of drug-likeness (QED) is 0.443. The van der Waals surface area contributed by atoms with Crippen LogP contribution in [0.5, 0.6) is 5.75 Å². The van der Waals surface area contributed by atoms with Crippen molar-refractivity contribution in [3.63, 3.8) is 0 Å². The van der Waals surface area contributed by atoms with Gasteiger partial charge in [0.1, 0.15) is 5.75 Å². The highest BCUT2D eigenvalue weighted by Crippen LogP contribution is 2.35. The summed E-state index contributed by atoms with van der Waals surface area (Å²) in [6.07, 6.45) is 7.24. The average molecular weight is 354 g/mol. The smallest absolute Gasteiger partial charge is 0.124 e. The van der Waals surface area contributed by atoms with E-state index in [4.69, 9.17) is 10.5 Å². The summed E-state index contributed by atoms with van der Waals surface area (Å²) in [6.45, 7) is 3.03. The van der Waals surface area contributed by atoms with E-state index in [1.165, 1.54) is 36.8 Å². The Morgan fingerprint density at radius 3 is 2.62 bits per heavy atom. The molecule has 2 aromatic carbocycles. The highest BCUT2D eigenvalue weighted by atomic mass is 16.5. The highest BCUT2D eigenvalue weighted by molar-refractivity contribution is 5.42. The second-order valence-electron chi connectivity index (χ2n) is 7.10. The van der Waals surface area contributed by atoms with Crippen LogP contribution < -0.4 is 21.3 Å². The molecule has 4 heteroatoms. The molecule has 1 aliphatic rings. The number of hydrogen-bond donors (Lipinski definition) is 3. The number of anilines is 1. The molecule has 4 nitrogen and oxygen atoms in total. The Bertz CT molecular complexity index is 689. The molecular weight excluding hydrogens is 322 g/mol. The third-order valence-electron chi connectivity index (χ3n) is 5.02. The summed E-state index contributed by atoms with van der Waals surface area (Å²) >= 11 is 0. The van der Waals surface area contributed by atoms with Crippen LogP contribution in [0.2, 0.25) is 0 Å². The van der Waals surface area contributed by atoms with Crippen molar-refractivity contribution in [2.24, 2.45) is 0 Å². The van der Waals surface area contributed by atoms with Crippen LogP contribution in [0.4, 0.5) is 5.69 Å². The lowest BCUT2D eigenvalue weighted by atomic mass is 9.97. The molecule has 140 valence electrons. The highest BCUT2D eigenvalue weighted by Gasteiger charge is 2.28. The first-order valence-corrected chi connectivity index (χ1v) is 9.86. The van der Waals surface area contributed by atoms with Gasteiger partial charge < -0.3 is 10.5 Å². The van der Waals surface area contributed by atoms with Crippen molar-refractivity contribution in [1.29, 1.82) is 0 Å². The van der Waals surface area contributed by atoms with Gasteiger partial charge in [0.25, 0.3) is 0 Å². The Morgan fingerprint density at radius 2 is 1.77 bits per heavy atom. The molecule has 4 N–H and O–H groups in total. The third kappa shape index (κ3) is 4.99. The van der Waals surface area contributed by atoms with Crippen LogP contribution >= 0.6 is 0 Å². The van der Waals surface area contributed by atoms with E-state index in [1.54, 1.807) is 0 Å². The van der Waals surface area contributed by atoms with Crippen molar-refractivity contribution in [3.8, 4) is 5.75 Å². The van der Waals surface area contributed by atoms with E-state index in [-0.39, 0.29) is 12.1 Å². The van der Waals surface area contributed by atoms with E-state index in [9.17, 15) is 0 Å². The predicted molar refractivity (Wildman–Crippen MR) is 108 cm³/mol. The molecule has 2 atom stereocenters. The maximum Gasteiger partial charge on any atom is 0.124 e. The Kier molecular flexibility index (Phi) is 6.92. The van der Waals surface area contributed by atoms with Crippen LogP contribution in [0.3, 0.4) is 0 Å². The molecule has 0 amide bonds. The Hall–Kier alpha value is -2.04. The first-order valence-electron chi connectivity index (χ1n) is 9.86. The van der Waals surface area contributed by atoms with E-state index in [0.717, 1.165) is 30.9 Å². The summed E-state index contributed by atoms with van der Waals surface area (Å²) in [4.78, 5) is 0. The van der Waals surface area contributed by atoms with Gasteiger partial charge in [0.05, 0.1) is 12.6 Å². The number of benzene rings is 2. The van der Waals surface area contributed by atoms with Crippen LogP contribution in [0.1, 0.15) is 68.7 Å². The molecule has 2 unspecified atom stereocenters. The lowest BCUT2D eigenvalue weighted by Gasteiger charge is -2.16. The fourth-order valence-electron chi connectivity index (χ4n) is 3.54. The standard InChI is InChI=1S/C22H31N3O/c1-2-3-4-5-8-14-26-22-13-7-6-12-19(22)21-16-20(24-25-21)17-10-9-11-18(23)15-17/h6-7,9-13,15,20-21,24-25H,2-5,8,14,16,23H2,1H3. The van der Waals surface area contributed by atoms with E-state index in [0.29, 0.717) is 0 Å². The fraction of sp³-hybridized carbons (Fsp3) is 0.455. The number of nitrogens with one attached hydrogen (secondary N) is 2. The van der Waals surface area contributed by atoms with Gasteiger partial charge in [-0.2, -0.15) is 0 Å². The van der Waals surface area contributed by atoms with Gasteiger partial charge in [-0.25, -0.2) is 10.9 Å². The van der Waals surface area contributed by atoms with Gasteiger partial charge in [-0.1, -0.05) is 62.9 Å². The minimum absolute atomic E-state index is 0.234. The Morgan fingerprint density at radius 1 is 0.962 bits per heavy atom. The SMILES string of the molecule is CCCCCCCOc1ccccc1C1CC(c2cccc(N)c2)NN1. The molecule has 2 aromatic rings. The molecule has 0 bridgehead atoms. The molecule has 1 heterocycles. The van der Waals surface area contributed by atoms with Gasteiger partial charge >= 0.3 is 0 Å². The summed E-state index contributed by atoms with van der Waals surface area (Å²) in [5, 5.41) is 0. The van der Waals surface area contributed by atoms with Crippen molar-refractivity contribution in [2.75, 3.05) is 12.3 Å². The zero-order valence-corrected chi connectivity index (χ0v) is 15.7. The van der Waals surface area contributed by atoms with Crippen molar-refractivity contribution in [3.05, 3.63) is 59.7 Å². The zero-order valence-electron chi connectivity index (χ0n) is 15.7. The maximum absolute atomic E-state index is 6.10. The van der Waals surface area contributed by atoms with E-state index in [2.05, 4.69) is 42.0 Å². The molecule has 1 aliphatic heterocycles. The molecular formula is C22H31N3O. The van der Waals surface area contributed by atoms with E-state index in [1.807, 2.05) is 24.3 Å². The summed E-state index contributed by atoms with van der Waals surface area (Å²) in [5.74, 6) is 0.996.